The van der Waals surface area contributed by atoms with E-state index in [4.69, 9.17) is 5.73 Å². The van der Waals surface area contributed by atoms with E-state index in [2.05, 4.69) is 9.72 Å². The van der Waals surface area contributed by atoms with Gasteiger partial charge in [-0.1, -0.05) is 6.07 Å². The maximum absolute atomic E-state index is 12.3. The molecule has 0 fully saturated rings. The Bertz CT molecular complexity index is 879. The van der Waals surface area contributed by atoms with E-state index < -0.39 is 12.1 Å². The number of halogens is 3. The fourth-order valence-electron chi connectivity index (χ4n) is 2.28. The molecule has 0 bridgehead atoms. The molecule has 118 valence electrons. The summed E-state index contributed by atoms with van der Waals surface area (Å²) in [4.78, 5) is 4.15. The first-order valence-electron chi connectivity index (χ1n) is 6.57. The summed E-state index contributed by atoms with van der Waals surface area (Å²) in [6.07, 6.45) is -3.24. The van der Waals surface area contributed by atoms with Crippen molar-refractivity contribution >= 4 is 16.6 Å². The van der Waals surface area contributed by atoms with Crippen LogP contribution in [0.3, 0.4) is 0 Å². The number of phenols is 1. The third-order valence-corrected chi connectivity index (χ3v) is 3.29. The summed E-state index contributed by atoms with van der Waals surface area (Å²) in [5.74, 6) is -0.578. The Kier molecular flexibility index (Phi) is 3.48. The highest BCUT2D eigenvalue weighted by Gasteiger charge is 2.31. The maximum Gasteiger partial charge on any atom is 0.573 e. The van der Waals surface area contributed by atoms with Gasteiger partial charge in [-0.05, 0) is 42.0 Å². The molecule has 0 aliphatic carbocycles. The second-order valence-corrected chi connectivity index (χ2v) is 4.86. The van der Waals surface area contributed by atoms with E-state index in [1.807, 2.05) is 0 Å². The quantitative estimate of drug-likeness (QED) is 0.746. The van der Waals surface area contributed by atoms with E-state index in [0.29, 0.717) is 22.2 Å². The molecule has 3 rings (SSSR count). The molecule has 3 N–H and O–H groups in total. The Morgan fingerprint density at radius 3 is 2.57 bits per heavy atom. The van der Waals surface area contributed by atoms with Gasteiger partial charge >= 0.3 is 6.36 Å². The lowest BCUT2D eigenvalue weighted by atomic mass is 10.0. The minimum absolute atomic E-state index is 0.165. The molecule has 3 aromatic rings. The topological polar surface area (TPSA) is 68.4 Å². The van der Waals surface area contributed by atoms with Crippen molar-refractivity contribution in [3.63, 3.8) is 0 Å². The number of pyridine rings is 1. The van der Waals surface area contributed by atoms with Gasteiger partial charge in [0.25, 0.3) is 0 Å². The summed E-state index contributed by atoms with van der Waals surface area (Å²) < 4.78 is 40.9. The van der Waals surface area contributed by atoms with E-state index in [1.165, 1.54) is 0 Å². The van der Waals surface area contributed by atoms with E-state index >= 15 is 0 Å². The van der Waals surface area contributed by atoms with Crippen LogP contribution < -0.4 is 10.5 Å². The van der Waals surface area contributed by atoms with Crippen LogP contribution in [0.4, 0.5) is 18.9 Å². The van der Waals surface area contributed by atoms with Crippen molar-refractivity contribution in [2.45, 2.75) is 6.36 Å². The summed E-state index contributed by atoms with van der Waals surface area (Å²) >= 11 is 0. The Balaban J connectivity index is 2.10. The molecule has 0 saturated heterocycles. The van der Waals surface area contributed by atoms with Crippen LogP contribution in [-0.4, -0.2) is 16.5 Å². The summed E-state index contributed by atoms with van der Waals surface area (Å²) in [5.41, 5.74) is 7.72. The predicted octanol–water partition coefficient (Wildman–Crippen LogP) is 4.09. The molecule has 4 nitrogen and oxygen atoms in total. The van der Waals surface area contributed by atoms with Crippen molar-refractivity contribution in [3.05, 3.63) is 48.7 Å². The number of nitrogens with zero attached hydrogens (tertiary/aromatic N) is 1. The molecule has 0 atom stereocenters. The third-order valence-electron chi connectivity index (χ3n) is 3.29. The lowest BCUT2D eigenvalue weighted by molar-refractivity contribution is -0.274. The number of nitrogen functional groups attached to an aromatic ring is 1. The highest BCUT2D eigenvalue weighted by atomic mass is 19.4. The number of hydrogen-bond donors (Lipinski definition) is 2. The summed E-state index contributed by atoms with van der Waals surface area (Å²) in [5, 5.41) is 10.6. The second kappa shape index (κ2) is 5.35. The number of benzene rings is 2. The Hall–Kier alpha value is -2.96. The van der Waals surface area contributed by atoms with Gasteiger partial charge in [0.2, 0.25) is 0 Å². The number of ether oxygens (including phenoxy) is 1. The minimum Gasteiger partial charge on any atom is -0.507 e. The van der Waals surface area contributed by atoms with E-state index in [0.717, 1.165) is 18.2 Å². The molecular weight excluding hydrogens is 309 g/mol. The van der Waals surface area contributed by atoms with Gasteiger partial charge in [0.05, 0.1) is 5.52 Å². The Morgan fingerprint density at radius 2 is 1.83 bits per heavy atom. The Labute approximate surface area is 128 Å². The molecular formula is C16H11F3N2O2. The minimum atomic E-state index is -4.80. The van der Waals surface area contributed by atoms with Crippen LogP contribution in [0, 0.1) is 0 Å². The summed E-state index contributed by atoms with van der Waals surface area (Å²) in [6, 6.07) is 9.91. The van der Waals surface area contributed by atoms with Crippen LogP contribution in [0.5, 0.6) is 11.5 Å². The van der Waals surface area contributed by atoms with Crippen molar-refractivity contribution in [2.75, 3.05) is 5.73 Å². The number of fused-ring (bicyclic) bond motifs is 1. The van der Waals surface area contributed by atoms with Crippen LogP contribution in [0.1, 0.15) is 0 Å². The highest BCUT2D eigenvalue weighted by molar-refractivity contribution is 5.93. The monoisotopic (exact) mass is 320 g/mol. The van der Waals surface area contributed by atoms with E-state index in [9.17, 15) is 18.3 Å². The number of aromatic hydroxyl groups is 1. The largest absolute Gasteiger partial charge is 0.573 e. The first-order chi connectivity index (χ1) is 10.8. The van der Waals surface area contributed by atoms with Crippen LogP contribution in [0.15, 0.2) is 48.7 Å². The second-order valence-electron chi connectivity index (χ2n) is 4.86. The molecule has 0 amide bonds. The molecule has 0 saturated carbocycles. The molecule has 0 spiro atoms. The molecule has 0 aliphatic heterocycles. The van der Waals surface area contributed by atoms with E-state index in [1.54, 1.807) is 30.5 Å². The number of phenolic OH excluding ortho intramolecular Hbond substituents is 1. The van der Waals surface area contributed by atoms with Gasteiger partial charge in [-0.2, -0.15) is 0 Å². The van der Waals surface area contributed by atoms with Crippen LogP contribution in [0.25, 0.3) is 22.0 Å². The molecule has 1 aromatic heterocycles. The lowest BCUT2D eigenvalue weighted by Crippen LogP contribution is -2.17. The maximum atomic E-state index is 12.3. The van der Waals surface area contributed by atoms with Gasteiger partial charge in [-0.3, -0.25) is 4.98 Å². The number of hydrogen-bond acceptors (Lipinski definition) is 4. The molecule has 7 heteroatoms. The SMILES string of the molecule is Nc1ccnc2ccc(-c3cc(OC(F)(F)F)ccc3O)cc12. The average Bonchev–Trinajstić information content (AvgIpc) is 2.48. The first-order valence-corrected chi connectivity index (χ1v) is 6.57. The fourth-order valence-corrected chi connectivity index (χ4v) is 2.28. The van der Waals surface area contributed by atoms with Gasteiger partial charge in [0.1, 0.15) is 11.5 Å². The molecule has 0 radical (unpaired) electrons. The molecule has 0 unspecified atom stereocenters. The molecule has 2 aromatic carbocycles. The zero-order chi connectivity index (χ0) is 16.6. The van der Waals surface area contributed by atoms with Crippen molar-refractivity contribution in [3.8, 4) is 22.6 Å². The van der Waals surface area contributed by atoms with Crippen molar-refractivity contribution < 1.29 is 23.0 Å². The average molecular weight is 320 g/mol. The van der Waals surface area contributed by atoms with Crippen molar-refractivity contribution in [2.24, 2.45) is 0 Å². The van der Waals surface area contributed by atoms with Gasteiger partial charge in [-0.25, -0.2) is 0 Å². The van der Waals surface area contributed by atoms with Crippen LogP contribution in [-0.2, 0) is 0 Å². The van der Waals surface area contributed by atoms with Crippen molar-refractivity contribution in [1.29, 1.82) is 0 Å². The smallest absolute Gasteiger partial charge is 0.507 e. The molecule has 23 heavy (non-hydrogen) atoms. The van der Waals surface area contributed by atoms with E-state index in [-0.39, 0.29) is 11.3 Å². The van der Waals surface area contributed by atoms with Gasteiger partial charge in [0, 0.05) is 22.8 Å². The third kappa shape index (κ3) is 3.13. The highest BCUT2D eigenvalue weighted by Crippen LogP contribution is 2.36. The van der Waals surface area contributed by atoms with Crippen molar-refractivity contribution in [1.82, 2.24) is 4.98 Å². The number of anilines is 1. The number of nitrogens with two attached hydrogens (primary N) is 1. The van der Waals surface area contributed by atoms with Gasteiger partial charge < -0.3 is 15.6 Å². The number of alkyl halides is 3. The zero-order valence-corrected chi connectivity index (χ0v) is 11.6. The van der Waals surface area contributed by atoms with Crippen LogP contribution >= 0.6 is 0 Å². The molecule has 0 aliphatic rings. The summed E-state index contributed by atoms with van der Waals surface area (Å²) in [7, 11) is 0. The number of rotatable bonds is 2. The fraction of sp³-hybridized carbons (Fsp3) is 0.0625. The zero-order valence-electron chi connectivity index (χ0n) is 11.6. The van der Waals surface area contributed by atoms with Gasteiger partial charge in [0.15, 0.2) is 0 Å². The first kappa shape index (κ1) is 15.0. The van der Waals surface area contributed by atoms with Crippen LogP contribution in [0.2, 0.25) is 0 Å². The summed E-state index contributed by atoms with van der Waals surface area (Å²) in [6.45, 7) is 0. The normalized spacial score (nSPS) is 11.6. The molecule has 1 heterocycles. The lowest BCUT2D eigenvalue weighted by Gasteiger charge is -2.12. The Morgan fingerprint density at radius 1 is 1.04 bits per heavy atom. The standard InChI is InChI=1S/C16H11F3N2O2/c17-16(18,19)23-10-2-4-15(22)11(8-10)9-1-3-14-12(7-9)13(20)5-6-21-14/h1-8,22H,(H2,20,21). The predicted molar refractivity (Wildman–Crippen MR) is 79.9 cm³/mol. The van der Waals surface area contributed by atoms with Gasteiger partial charge in [-0.15, -0.1) is 13.2 Å². The number of aromatic nitrogens is 1.